The maximum absolute atomic E-state index is 5.61. The zero-order valence-electron chi connectivity index (χ0n) is 15.9. The molecule has 1 aliphatic rings. The first-order chi connectivity index (χ1) is 13.6. The van der Waals surface area contributed by atoms with E-state index in [0.29, 0.717) is 24.7 Å². The van der Waals surface area contributed by atoms with Crippen LogP contribution in [0.15, 0.2) is 18.3 Å². The molecule has 5 rings (SSSR count). The maximum Gasteiger partial charge on any atom is 0.203 e. The second-order valence-corrected chi connectivity index (χ2v) is 7.71. The first-order valence-corrected chi connectivity index (χ1v) is 9.91. The van der Waals surface area contributed by atoms with Crippen LogP contribution >= 0.6 is 11.5 Å². The molecule has 9 nitrogen and oxygen atoms in total. The molecule has 0 radical (unpaired) electrons. The maximum atomic E-state index is 5.61. The first kappa shape index (κ1) is 17.3. The minimum atomic E-state index is 0.249. The summed E-state index contributed by atoms with van der Waals surface area (Å²) in [5.74, 6) is 2.23. The summed E-state index contributed by atoms with van der Waals surface area (Å²) in [7, 11) is 1.94. The summed E-state index contributed by atoms with van der Waals surface area (Å²) in [4.78, 5) is 11.7. The molecule has 1 N–H and O–H groups in total. The Kier molecular flexibility index (Phi) is 4.09. The van der Waals surface area contributed by atoms with Crippen molar-refractivity contribution in [1.29, 1.82) is 0 Å². The number of anilines is 1. The lowest BCUT2D eigenvalue weighted by Crippen LogP contribution is -2.44. The van der Waals surface area contributed by atoms with Crippen LogP contribution in [0.4, 0.5) is 5.82 Å². The molecule has 1 unspecified atom stereocenters. The van der Waals surface area contributed by atoms with Crippen LogP contribution in [0.5, 0.6) is 0 Å². The number of ether oxygens (including phenoxy) is 1. The van der Waals surface area contributed by atoms with Crippen molar-refractivity contribution in [2.24, 2.45) is 7.05 Å². The predicted octanol–water partition coefficient (Wildman–Crippen LogP) is 2.41. The van der Waals surface area contributed by atoms with Gasteiger partial charge in [-0.25, -0.2) is 9.97 Å². The Morgan fingerprint density at radius 3 is 2.93 bits per heavy atom. The van der Waals surface area contributed by atoms with Gasteiger partial charge in [-0.05, 0) is 37.5 Å². The molecular formula is C18H20N8OS. The molecule has 10 heteroatoms. The van der Waals surface area contributed by atoms with Gasteiger partial charge in [0.2, 0.25) is 5.82 Å². The van der Waals surface area contributed by atoms with Gasteiger partial charge in [0.15, 0.2) is 0 Å². The van der Waals surface area contributed by atoms with Crippen molar-refractivity contribution in [3.05, 3.63) is 24.2 Å². The van der Waals surface area contributed by atoms with Crippen molar-refractivity contribution < 1.29 is 4.74 Å². The molecule has 0 aromatic carbocycles. The highest BCUT2D eigenvalue weighted by molar-refractivity contribution is 7.14. The van der Waals surface area contributed by atoms with E-state index in [4.69, 9.17) is 9.72 Å². The molecule has 5 heterocycles. The van der Waals surface area contributed by atoms with Crippen molar-refractivity contribution >= 4 is 27.6 Å². The lowest BCUT2D eigenvalue weighted by molar-refractivity contribution is 0.0986. The third kappa shape index (κ3) is 2.76. The topological polar surface area (TPSA) is 97.6 Å². The van der Waals surface area contributed by atoms with Gasteiger partial charge in [0.25, 0.3) is 0 Å². The zero-order chi connectivity index (χ0) is 19.3. The summed E-state index contributed by atoms with van der Waals surface area (Å²) < 4.78 is 13.1. The quantitative estimate of drug-likeness (QED) is 0.568. The van der Waals surface area contributed by atoms with Crippen LogP contribution in [0.3, 0.4) is 0 Å². The molecule has 1 aliphatic heterocycles. The zero-order valence-corrected chi connectivity index (χ0v) is 16.7. The third-order valence-corrected chi connectivity index (χ3v) is 5.85. The number of nitrogens with zero attached hydrogens (tertiary/aromatic N) is 7. The number of fused-ring (bicyclic) bond motifs is 1. The Morgan fingerprint density at radius 2 is 2.21 bits per heavy atom. The average molecular weight is 396 g/mol. The number of pyridine rings is 1. The van der Waals surface area contributed by atoms with Crippen molar-refractivity contribution in [3.63, 3.8) is 0 Å². The minimum Gasteiger partial charge on any atom is -0.377 e. The van der Waals surface area contributed by atoms with Crippen molar-refractivity contribution in [2.75, 3.05) is 24.7 Å². The van der Waals surface area contributed by atoms with E-state index in [1.54, 1.807) is 6.20 Å². The largest absolute Gasteiger partial charge is 0.377 e. The van der Waals surface area contributed by atoms with Crippen molar-refractivity contribution in [3.8, 4) is 22.8 Å². The van der Waals surface area contributed by atoms with Crippen LogP contribution in [-0.4, -0.2) is 60.1 Å². The first-order valence-electron chi connectivity index (χ1n) is 9.14. The minimum absolute atomic E-state index is 0.249. The van der Waals surface area contributed by atoms with E-state index >= 15 is 0 Å². The van der Waals surface area contributed by atoms with Gasteiger partial charge in [-0.15, -0.1) is 0 Å². The summed E-state index contributed by atoms with van der Waals surface area (Å²) in [6, 6.07) is 4.39. The fourth-order valence-electron chi connectivity index (χ4n) is 3.55. The van der Waals surface area contributed by atoms with Gasteiger partial charge in [0.05, 0.1) is 29.6 Å². The SMILES string of the molecule is Cc1nc(-c2nsc3c(-c4ccnn4C)cc(N4CCOCC4C)nc23)n[nH]1. The lowest BCUT2D eigenvalue weighted by atomic mass is 10.1. The van der Waals surface area contributed by atoms with Gasteiger partial charge in [0, 0.05) is 25.4 Å². The van der Waals surface area contributed by atoms with E-state index in [9.17, 15) is 0 Å². The number of nitrogens with one attached hydrogen (secondary N) is 1. The van der Waals surface area contributed by atoms with Crippen LogP contribution in [0.2, 0.25) is 0 Å². The van der Waals surface area contributed by atoms with E-state index in [-0.39, 0.29) is 6.04 Å². The van der Waals surface area contributed by atoms with E-state index in [0.717, 1.165) is 39.7 Å². The Hall–Kier alpha value is -2.85. The van der Waals surface area contributed by atoms with Gasteiger partial charge in [-0.1, -0.05) is 0 Å². The molecule has 0 bridgehead atoms. The second-order valence-electron chi connectivity index (χ2n) is 6.94. The van der Waals surface area contributed by atoms with Gasteiger partial charge in [0.1, 0.15) is 22.9 Å². The number of H-pyrrole nitrogens is 1. The summed E-state index contributed by atoms with van der Waals surface area (Å²) in [5, 5.41) is 11.5. The summed E-state index contributed by atoms with van der Waals surface area (Å²) in [5.41, 5.74) is 3.61. The molecule has 0 amide bonds. The second kappa shape index (κ2) is 6.64. The Bertz CT molecular complexity index is 1150. The molecule has 1 fully saturated rings. The molecule has 1 saturated heterocycles. The van der Waals surface area contributed by atoms with E-state index in [2.05, 4.69) is 42.5 Å². The van der Waals surface area contributed by atoms with Crippen molar-refractivity contribution in [1.82, 2.24) is 34.3 Å². The van der Waals surface area contributed by atoms with Gasteiger partial charge < -0.3 is 9.64 Å². The summed E-state index contributed by atoms with van der Waals surface area (Å²) >= 11 is 1.42. The van der Waals surface area contributed by atoms with E-state index in [1.165, 1.54) is 11.5 Å². The normalized spacial score (nSPS) is 17.5. The van der Waals surface area contributed by atoms with Crippen molar-refractivity contribution in [2.45, 2.75) is 19.9 Å². The van der Waals surface area contributed by atoms with Gasteiger partial charge in [-0.2, -0.15) is 14.6 Å². The number of hydrogen-bond acceptors (Lipinski definition) is 8. The summed E-state index contributed by atoms with van der Waals surface area (Å²) in [6.45, 7) is 6.22. The predicted molar refractivity (Wildman–Crippen MR) is 107 cm³/mol. The van der Waals surface area contributed by atoms with Crippen LogP contribution in [0.1, 0.15) is 12.7 Å². The Morgan fingerprint density at radius 1 is 1.32 bits per heavy atom. The fourth-order valence-corrected chi connectivity index (χ4v) is 4.39. The van der Waals surface area contributed by atoms with E-state index < -0.39 is 0 Å². The molecule has 0 saturated carbocycles. The molecule has 1 atom stereocenters. The smallest absolute Gasteiger partial charge is 0.203 e. The highest BCUT2D eigenvalue weighted by Gasteiger charge is 2.25. The van der Waals surface area contributed by atoms with Crippen LogP contribution < -0.4 is 4.90 Å². The monoisotopic (exact) mass is 396 g/mol. The average Bonchev–Trinajstić information content (AvgIpc) is 3.41. The molecule has 0 spiro atoms. The fraction of sp³-hybridized carbons (Fsp3) is 0.389. The summed E-state index contributed by atoms with van der Waals surface area (Å²) in [6.07, 6.45) is 1.80. The Balaban J connectivity index is 1.75. The van der Waals surface area contributed by atoms with E-state index in [1.807, 2.05) is 24.7 Å². The highest BCUT2D eigenvalue weighted by Crippen LogP contribution is 2.38. The van der Waals surface area contributed by atoms with Gasteiger partial charge in [-0.3, -0.25) is 9.78 Å². The standard InChI is InChI=1S/C18H20N8OS/c1-10-9-27-7-6-26(10)14-8-12(13-4-5-19-25(13)3)17-15(21-14)16(24-28-17)18-20-11(2)22-23-18/h4-5,8,10H,6-7,9H2,1-3H3,(H,20,22,23). The molecule has 28 heavy (non-hydrogen) atoms. The number of aryl methyl sites for hydroxylation is 2. The molecular weight excluding hydrogens is 376 g/mol. The molecule has 4 aromatic rings. The number of aromatic amines is 1. The molecule has 4 aromatic heterocycles. The van der Waals surface area contributed by atoms with Gasteiger partial charge >= 0.3 is 0 Å². The number of hydrogen-bond donors (Lipinski definition) is 1. The third-order valence-electron chi connectivity index (χ3n) is 4.98. The molecule has 144 valence electrons. The Labute approximate surface area is 165 Å². The number of morpholine rings is 1. The van der Waals surface area contributed by atoms with Crippen LogP contribution in [0.25, 0.3) is 33.0 Å². The molecule has 0 aliphatic carbocycles. The lowest BCUT2D eigenvalue weighted by Gasteiger charge is -2.34. The highest BCUT2D eigenvalue weighted by atomic mass is 32.1. The number of aromatic nitrogens is 7. The number of rotatable bonds is 3. The van der Waals surface area contributed by atoms with Crippen LogP contribution in [-0.2, 0) is 11.8 Å². The van der Waals surface area contributed by atoms with Crippen LogP contribution in [0, 0.1) is 6.92 Å².